The second-order valence-electron chi connectivity index (χ2n) is 4.73. The lowest BCUT2D eigenvalue weighted by Gasteiger charge is -2.21. The van der Waals surface area contributed by atoms with Gasteiger partial charge in [-0.05, 0) is 24.1 Å². The first-order chi connectivity index (χ1) is 9.31. The van der Waals surface area contributed by atoms with Crippen molar-refractivity contribution in [3.63, 3.8) is 0 Å². The van der Waals surface area contributed by atoms with E-state index in [1.165, 1.54) is 6.26 Å². The van der Waals surface area contributed by atoms with Gasteiger partial charge in [0.15, 0.2) is 0 Å². The quantitative estimate of drug-likeness (QED) is 0.788. The molecule has 0 aromatic heterocycles. The summed E-state index contributed by atoms with van der Waals surface area (Å²) in [4.78, 5) is 1.98. The Kier molecular flexibility index (Phi) is 7.26. The highest BCUT2D eigenvalue weighted by Crippen LogP contribution is 2.23. The molecule has 1 rings (SSSR count). The topological polar surface area (TPSA) is 57.6 Å². The number of sulfone groups is 1. The summed E-state index contributed by atoms with van der Waals surface area (Å²) < 4.78 is 22.5. The molecule has 1 N–H and O–H groups in total. The molecule has 0 fully saturated rings. The monoisotopic (exact) mass is 339 g/mol. The van der Waals surface area contributed by atoms with Crippen molar-refractivity contribution < 1.29 is 13.5 Å². The molecule has 4 nitrogen and oxygen atoms in total. The van der Waals surface area contributed by atoms with Gasteiger partial charge in [-0.1, -0.05) is 29.3 Å². The van der Waals surface area contributed by atoms with Crippen LogP contribution in [-0.4, -0.2) is 50.1 Å². The van der Waals surface area contributed by atoms with E-state index in [1.807, 2.05) is 11.0 Å². The van der Waals surface area contributed by atoms with E-state index < -0.39 is 9.84 Å². The highest BCUT2D eigenvalue weighted by Gasteiger charge is 2.11. The van der Waals surface area contributed by atoms with Gasteiger partial charge in [0.25, 0.3) is 0 Å². The van der Waals surface area contributed by atoms with E-state index in [9.17, 15) is 8.42 Å². The van der Waals surface area contributed by atoms with E-state index in [1.54, 1.807) is 12.1 Å². The van der Waals surface area contributed by atoms with Crippen molar-refractivity contribution in [1.82, 2.24) is 4.90 Å². The number of rotatable bonds is 8. The summed E-state index contributed by atoms with van der Waals surface area (Å²) in [6, 6.07) is 5.36. The fraction of sp³-hybridized carbons (Fsp3) is 0.538. The first-order valence-electron chi connectivity index (χ1n) is 6.26. The molecule has 1 aromatic rings. The Hall–Kier alpha value is -0.330. The summed E-state index contributed by atoms with van der Waals surface area (Å²) in [7, 11) is -3.00. The van der Waals surface area contributed by atoms with E-state index in [2.05, 4.69) is 0 Å². The van der Waals surface area contributed by atoms with E-state index >= 15 is 0 Å². The minimum atomic E-state index is -3.00. The van der Waals surface area contributed by atoms with Gasteiger partial charge in [-0.3, -0.25) is 4.90 Å². The van der Waals surface area contributed by atoms with Gasteiger partial charge in [0, 0.05) is 32.5 Å². The fourth-order valence-electron chi connectivity index (χ4n) is 1.76. The number of halogens is 2. The van der Waals surface area contributed by atoms with Crippen LogP contribution in [0.5, 0.6) is 0 Å². The molecule has 1 aromatic carbocycles. The first kappa shape index (κ1) is 17.7. The average Bonchev–Trinajstić information content (AvgIpc) is 2.36. The molecular weight excluding hydrogens is 321 g/mol. The van der Waals surface area contributed by atoms with Crippen molar-refractivity contribution >= 4 is 33.0 Å². The molecule has 0 saturated carbocycles. The van der Waals surface area contributed by atoms with Gasteiger partial charge >= 0.3 is 0 Å². The van der Waals surface area contributed by atoms with Gasteiger partial charge in [0.2, 0.25) is 0 Å². The highest BCUT2D eigenvalue weighted by atomic mass is 35.5. The zero-order chi connectivity index (χ0) is 15.2. The minimum Gasteiger partial charge on any atom is -0.396 e. The number of hydrogen-bond donors (Lipinski definition) is 1. The zero-order valence-corrected chi connectivity index (χ0v) is 13.7. The lowest BCUT2D eigenvalue weighted by Crippen LogP contribution is -2.30. The van der Waals surface area contributed by atoms with Crippen LogP contribution in [0.2, 0.25) is 10.0 Å². The molecule has 0 unspecified atom stereocenters. The fourth-order valence-corrected chi connectivity index (χ4v) is 2.67. The van der Waals surface area contributed by atoms with Crippen LogP contribution in [0.3, 0.4) is 0 Å². The Labute approximate surface area is 130 Å². The van der Waals surface area contributed by atoms with Crippen LogP contribution in [0.15, 0.2) is 18.2 Å². The van der Waals surface area contributed by atoms with Crippen LogP contribution in [-0.2, 0) is 16.4 Å². The van der Waals surface area contributed by atoms with Crippen LogP contribution >= 0.6 is 23.2 Å². The van der Waals surface area contributed by atoms with E-state index in [-0.39, 0.29) is 12.4 Å². The number of hydrogen-bond acceptors (Lipinski definition) is 4. The van der Waals surface area contributed by atoms with Crippen molar-refractivity contribution in [2.45, 2.75) is 13.0 Å². The standard InChI is InChI=1S/C13H19Cl2NO3S/c1-20(18,19)8-6-16(5-2-7-17)10-11-3-4-12(14)13(15)9-11/h3-4,9,17H,2,5-8,10H2,1H3. The molecule has 0 spiro atoms. The maximum Gasteiger partial charge on any atom is 0.148 e. The molecule has 0 atom stereocenters. The average molecular weight is 340 g/mol. The zero-order valence-electron chi connectivity index (χ0n) is 11.3. The van der Waals surface area contributed by atoms with Crippen LogP contribution in [0.1, 0.15) is 12.0 Å². The summed E-state index contributed by atoms with van der Waals surface area (Å²) >= 11 is 11.8. The maximum absolute atomic E-state index is 11.2. The Bertz CT molecular complexity index is 534. The molecule has 0 amide bonds. The smallest absolute Gasteiger partial charge is 0.148 e. The molecule has 0 aliphatic heterocycles. The van der Waals surface area contributed by atoms with Gasteiger partial charge in [-0.15, -0.1) is 0 Å². The first-order valence-corrected chi connectivity index (χ1v) is 9.08. The third-order valence-corrected chi connectivity index (χ3v) is 4.46. The summed E-state index contributed by atoms with van der Waals surface area (Å²) in [5.74, 6) is 0.0970. The van der Waals surface area contributed by atoms with E-state index in [4.69, 9.17) is 28.3 Å². The van der Waals surface area contributed by atoms with Gasteiger partial charge in [-0.2, -0.15) is 0 Å². The van der Waals surface area contributed by atoms with E-state index in [0.29, 0.717) is 36.1 Å². The summed E-state index contributed by atoms with van der Waals surface area (Å²) in [6.07, 6.45) is 1.82. The molecule has 20 heavy (non-hydrogen) atoms. The third-order valence-electron chi connectivity index (χ3n) is 2.80. The Morgan fingerprint density at radius 2 is 1.90 bits per heavy atom. The predicted molar refractivity (Wildman–Crippen MR) is 83.2 cm³/mol. The molecule has 0 heterocycles. The number of aliphatic hydroxyl groups excluding tert-OH is 1. The largest absolute Gasteiger partial charge is 0.396 e. The van der Waals surface area contributed by atoms with Crippen LogP contribution < -0.4 is 0 Å². The van der Waals surface area contributed by atoms with Gasteiger partial charge in [-0.25, -0.2) is 8.42 Å². The predicted octanol–water partition coefficient (Wildman–Crippen LogP) is 2.22. The lowest BCUT2D eigenvalue weighted by molar-refractivity contribution is 0.226. The third kappa shape index (κ3) is 6.90. The van der Waals surface area contributed by atoms with Gasteiger partial charge < -0.3 is 5.11 Å². The molecule has 114 valence electrons. The van der Waals surface area contributed by atoms with Gasteiger partial charge in [0.1, 0.15) is 9.84 Å². The SMILES string of the molecule is CS(=O)(=O)CCN(CCCO)Cc1ccc(Cl)c(Cl)c1. The van der Waals surface area contributed by atoms with Crippen LogP contribution in [0.25, 0.3) is 0 Å². The van der Waals surface area contributed by atoms with Crippen molar-refractivity contribution in [2.75, 3.05) is 31.7 Å². The molecular formula is C13H19Cl2NO3S. The second kappa shape index (κ2) is 8.20. The van der Waals surface area contributed by atoms with Crippen LogP contribution in [0, 0.1) is 0 Å². The van der Waals surface area contributed by atoms with Gasteiger partial charge in [0.05, 0.1) is 15.8 Å². The minimum absolute atomic E-state index is 0.0801. The molecule has 0 saturated heterocycles. The Morgan fingerprint density at radius 3 is 2.45 bits per heavy atom. The van der Waals surface area contributed by atoms with Crippen molar-refractivity contribution in [1.29, 1.82) is 0 Å². The summed E-state index contributed by atoms with van der Waals surface area (Å²) in [6.45, 7) is 1.72. The van der Waals surface area contributed by atoms with Crippen molar-refractivity contribution in [2.24, 2.45) is 0 Å². The second-order valence-corrected chi connectivity index (χ2v) is 7.81. The maximum atomic E-state index is 11.2. The van der Waals surface area contributed by atoms with Crippen molar-refractivity contribution in [3.05, 3.63) is 33.8 Å². The number of nitrogens with zero attached hydrogens (tertiary/aromatic N) is 1. The Morgan fingerprint density at radius 1 is 1.20 bits per heavy atom. The van der Waals surface area contributed by atoms with E-state index in [0.717, 1.165) is 5.56 Å². The lowest BCUT2D eigenvalue weighted by atomic mass is 10.2. The summed E-state index contributed by atoms with van der Waals surface area (Å²) in [5, 5.41) is 9.88. The molecule has 0 aliphatic carbocycles. The molecule has 0 aliphatic rings. The highest BCUT2D eigenvalue weighted by molar-refractivity contribution is 7.90. The summed E-state index contributed by atoms with van der Waals surface area (Å²) in [5.41, 5.74) is 0.964. The number of aliphatic hydroxyl groups is 1. The normalized spacial score (nSPS) is 12.1. The Balaban J connectivity index is 2.69. The van der Waals surface area contributed by atoms with Crippen LogP contribution in [0.4, 0.5) is 0 Å². The van der Waals surface area contributed by atoms with Crippen molar-refractivity contribution in [3.8, 4) is 0 Å². The molecule has 7 heteroatoms. The molecule has 0 radical (unpaired) electrons. The number of benzene rings is 1. The molecule has 0 bridgehead atoms.